The summed E-state index contributed by atoms with van der Waals surface area (Å²) in [5.74, 6) is 1.06. The summed E-state index contributed by atoms with van der Waals surface area (Å²) in [5, 5.41) is 5.91. The molecule has 20 heavy (non-hydrogen) atoms. The van der Waals surface area contributed by atoms with Gasteiger partial charge in [-0.2, -0.15) is 0 Å². The number of nitrogens with one attached hydrogen (secondary N) is 2. The number of likely N-dealkylation sites (tertiary alicyclic amines) is 1. The number of aromatic nitrogens is 1. The Bertz CT molecular complexity index is 477. The molecule has 0 bridgehead atoms. The molecule has 0 aromatic carbocycles. The van der Waals surface area contributed by atoms with Crippen molar-refractivity contribution in [3.05, 3.63) is 23.9 Å². The molecule has 5 nitrogen and oxygen atoms in total. The molecule has 2 N–H and O–H groups in total. The molecule has 0 radical (unpaired) electrons. The van der Waals surface area contributed by atoms with E-state index in [2.05, 4.69) is 33.5 Å². The summed E-state index contributed by atoms with van der Waals surface area (Å²) < 4.78 is 0. The van der Waals surface area contributed by atoms with Crippen molar-refractivity contribution in [3.63, 3.8) is 0 Å². The van der Waals surface area contributed by atoms with Gasteiger partial charge in [-0.3, -0.25) is 9.69 Å². The molecule has 0 unspecified atom stereocenters. The highest BCUT2D eigenvalue weighted by Crippen LogP contribution is 2.30. The topological polar surface area (TPSA) is 57.3 Å². The van der Waals surface area contributed by atoms with Crippen LogP contribution in [0, 0.1) is 5.41 Å². The van der Waals surface area contributed by atoms with E-state index < -0.39 is 0 Å². The predicted octanol–water partition coefficient (Wildman–Crippen LogP) is 1.47. The minimum atomic E-state index is -0.283. The van der Waals surface area contributed by atoms with E-state index >= 15 is 0 Å². The van der Waals surface area contributed by atoms with Crippen LogP contribution >= 0.6 is 0 Å². The van der Waals surface area contributed by atoms with Crippen molar-refractivity contribution in [3.8, 4) is 0 Å². The average Bonchev–Trinajstić information content (AvgIpc) is 2.47. The first-order valence-corrected chi connectivity index (χ1v) is 7.15. The zero-order valence-corrected chi connectivity index (χ0v) is 12.6. The number of hydrogen-bond acceptors (Lipinski definition) is 4. The molecule has 0 aliphatic carbocycles. The van der Waals surface area contributed by atoms with Crippen molar-refractivity contribution in [2.24, 2.45) is 5.41 Å². The number of anilines is 1. The van der Waals surface area contributed by atoms with Crippen LogP contribution in [0.1, 0.15) is 25.3 Å². The fourth-order valence-corrected chi connectivity index (χ4v) is 3.00. The maximum Gasteiger partial charge on any atom is 0.226 e. The molecule has 1 saturated heterocycles. The monoisotopic (exact) mass is 276 g/mol. The van der Waals surface area contributed by atoms with Gasteiger partial charge in [-0.25, -0.2) is 4.98 Å². The van der Waals surface area contributed by atoms with Gasteiger partial charge in [-0.05, 0) is 32.4 Å². The first-order chi connectivity index (χ1) is 9.59. The second kappa shape index (κ2) is 6.22. The van der Waals surface area contributed by atoms with Gasteiger partial charge >= 0.3 is 0 Å². The molecule has 1 fully saturated rings. The minimum Gasteiger partial charge on any atom is -0.373 e. The van der Waals surface area contributed by atoms with Gasteiger partial charge in [0.15, 0.2) is 0 Å². The molecule has 2 rings (SSSR count). The zero-order chi connectivity index (χ0) is 14.6. The number of piperidine rings is 1. The van der Waals surface area contributed by atoms with Crippen molar-refractivity contribution in [2.45, 2.75) is 26.3 Å². The number of carbonyl (C=O) groups excluding carboxylic acids is 1. The van der Waals surface area contributed by atoms with Crippen LogP contribution in [0.25, 0.3) is 0 Å². The van der Waals surface area contributed by atoms with Gasteiger partial charge in [-0.1, -0.05) is 6.07 Å². The third kappa shape index (κ3) is 3.10. The molecule has 1 atom stereocenters. The molecule has 0 saturated carbocycles. The molecular weight excluding hydrogens is 252 g/mol. The third-order valence-electron chi connectivity index (χ3n) is 4.07. The van der Waals surface area contributed by atoms with Crippen LogP contribution in [-0.2, 0) is 11.3 Å². The van der Waals surface area contributed by atoms with Crippen LogP contribution in [0.3, 0.4) is 0 Å². The minimum absolute atomic E-state index is 0.141. The van der Waals surface area contributed by atoms with Crippen LogP contribution in [0.4, 0.5) is 5.82 Å². The van der Waals surface area contributed by atoms with Crippen molar-refractivity contribution in [1.29, 1.82) is 0 Å². The lowest BCUT2D eigenvalue weighted by molar-refractivity contribution is -0.132. The molecule has 0 spiro atoms. The van der Waals surface area contributed by atoms with E-state index in [1.165, 1.54) is 5.56 Å². The Labute approximate surface area is 120 Å². The summed E-state index contributed by atoms with van der Waals surface area (Å²) in [4.78, 5) is 18.7. The molecule has 1 amide bonds. The van der Waals surface area contributed by atoms with Crippen molar-refractivity contribution in [1.82, 2.24) is 15.2 Å². The molecule has 1 aliphatic rings. The van der Waals surface area contributed by atoms with E-state index in [1.807, 2.05) is 13.1 Å². The summed E-state index contributed by atoms with van der Waals surface area (Å²) in [6, 6.07) is 4.04. The van der Waals surface area contributed by atoms with Gasteiger partial charge in [0.05, 0.1) is 5.41 Å². The Kier molecular flexibility index (Phi) is 4.60. The van der Waals surface area contributed by atoms with Gasteiger partial charge in [0.1, 0.15) is 5.82 Å². The molecular formula is C15H24N4O. The maximum absolute atomic E-state index is 12.0. The Balaban J connectivity index is 2.08. The molecule has 1 aliphatic heterocycles. The van der Waals surface area contributed by atoms with Crippen LogP contribution in [0.2, 0.25) is 0 Å². The van der Waals surface area contributed by atoms with E-state index in [0.717, 1.165) is 38.3 Å². The number of amides is 1. The highest BCUT2D eigenvalue weighted by molar-refractivity contribution is 5.82. The van der Waals surface area contributed by atoms with E-state index in [4.69, 9.17) is 0 Å². The first-order valence-electron chi connectivity index (χ1n) is 7.15. The fourth-order valence-electron chi connectivity index (χ4n) is 3.00. The summed E-state index contributed by atoms with van der Waals surface area (Å²) in [6.45, 7) is 4.71. The molecule has 110 valence electrons. The Hall–Kier alpha value is -1.62. The number of pyridine rings is 1. The van der Waals surface area contributed by atoms with Gasteiger partial charge in [0, 0.05) is 38.9 Å². The van der Waals surface area contributed by atoms with Crippen LogP contribution < -0.4 is 10.6 Å². The average molecular weight is 276 g/mol. The third-order valence-corrected chi connectivity index (χ3v) is 4.07. The van der Waals surface area contributed by atoms with Crippen molar-refractivity contribution in [2.75, 3.05) is 32.5 Å². The van der Waals surface area contributed by atoms with E-state index in [-0.39, 0.29) is 11.3 Å². The second-order valence-electron chi connectivity index (χ2n) is 5.72. The second-order valence-corrected chi connectivity index (χ2v) is 5.72. The van der Waals surface area contributed by atoms with E-state index in [1.54, 1.807) is 13.2 Å². The summed E-state index contributed by atoms with van der Waals surface area (Å²) in [6.07, 6.45) is 3.80. The van der Waals surface area contributed by atoms with E-state index in [0.29, 0.717) is 0 Å². The van der Waals surface area contributed by atoms with Gasteiger partial charge < -0.3 is 10.6 Å². The number of rotatable bonds is 4. The number of nitrogens with zero attached hydrogens (tertiary/aromatic N) is 2. The van der Waals surface area contributed by atoms with Gasteiger partial charge in [0.25, 0.3) is 0 Å². The SMILES string of the molecule is CNC(=O)[C@]1(C)CCCN(Cc2cccnc2NC)C1. The van der Waals surface area contributed by atoms with Crippen LogP contribution in [0.15, 0.2) is 18.3 Å². The smallest absolute Gasteiger partial charge is 0.226 e. The Morgan fingerprint density at radius 2 is 2.30 bits per heavy atom. The predicted molar refractivity (Wildman–Crippen MR) is 80.5 cm³/mol. The molecule has 1 aromatic rings. The lowest BCUT2D eigenvalue weighted by Crippen LogP contribution is -2.49. The quantitative estimate of drug-likeness (QED) is 0.874. The molecule has 1 aromatic heterocycles. The number of carbonyl (C=O) groups is 1. The standard InChI is InChI=1S/C15H24N4O/c1-15(14(20)17-3)7-5-9-19(11-15)10-12-6-4-8-18-13(12)16-2/h4,6,8H,5,7,9-11H2,1-3H3,(H,16,18)(H,17,20)/t15-/m1/s1. The highest BCUT2D eigenvalue weighted by atomic mass is 16.2. The van der Waals surface area contributed by atoms with Gasteiger partial charge in [0.2, 0.25) is 5.91 Å². The Morgan fingerprint density at radius 3 is 3.00 bits per heavy atom. The normalized spacial score (nSPS) is 23.4. The summed E-state index contributed by atoms with van der Waals surface area (Å²) in [7, 11) is 3.60. The largest absolute Gasteiger partial charge is 0.373 e. The summed E-state index contributed by atoms with van der Waals surface area (Å²) >= 11 is 0. The highest BCUT2D eigenvalue weighted by Gasteiger charge is 2.37. The fraction of sp³-hybridized carbons (Fsp3) is 0.600. The zero-order valence-electron chi connectivity index (χ0n) is 12.6. The number of hydrogen-bond donors (Lipinski definition) is 2. The lowest BCUT2D eigenvalue weighted by atomic mass is 9.81. The Morgan fingerprint density at radius 1 is 1.50 bits per heavy atom. The van der Waals surface area contributed by atoms with Crippen LogP contribution in [0.5, 0.6) is 0 Å². The van der Waals surface area contributed by atoms with Crippen molar-refractivity contribution >= 4 is 11.7 Å². The molecule has 5 heteroatoms. The van der Waals surface area contributed by atoms with Gasteiger partial charge in [-0.15, -0.1) is 0 Å². The first kappa shape index (κ1) is 14.8. The van der Waals surface area contributed by atoms with E-state index in [9.17, 15) is 4.79 Å². The van der Waals surface area contributed by atoms with Crippen molar-refractivity contribution < 1.29 is 4.79 Å². The summed E-state index contributed by atoms with van der Waals surface area (Å²) in [5.41, 5.74) is 0.894. The lowest BCUT2D eigenvalue weighted by Gasteiger charge is -2.39. The maximum atomic E-state index is 12.0. The molecule has 2 heterocycles. The van der Waals surface area contributed by atoms with Crippen LogP contribution in [-0.4, -0.2) is 43.0 Å².